The highest BCUT2D eigenvalue weighted by molar-refractivity contribution is 5.73. The molecule has 68 valence electrons. The number of hydrogen-bond donors (Lipinski definition) is 0. The van der Waals surface area contributed by atoms with Crippen LogP contribution in [0.4, 0.5) is 0 Å². The summed E-state index contributed by atoms with van der Waals surface area (Å²) in [6.07, 6.45) is 0.741. The van der Waals surface area contributed by atoms with E-state index in [1.54, 1.807) is 0 Å². The predicted molar refractivity (Wildman–Crippen MR) is 47.0 cm³/mol. The van der Waals surface area contributed by atoms with Gasteiger partial charge in [0, 0.05) is 11.9 Å². The van der Waals surface area contributed by atoms with Gasteiger partial charge in [0.15, 0.2) is 0 Å². The molecule has 1 fully saturated rings. The monoisotopic (exact) mass is 175 g/mol. The first-order chi connectivity index (χ1) is 6.18. The van der Waals surface area contributed by atoms with E-state index in [-0.39, 0.29) is 11.8 Å². The molecule has 13 heavy (non-hydrogen) atoms. The fourth-order valence-corrected chi connectivity index (χ4v) is 1.64. The minimum Gasteiger partial charge on any atom is -0.550 e. The Hall–Kier alpha value is -1.31. The van der Waals surface area contributed by atoms with Gasteiger partial charge < -0.3 is 9.90 Å². The van der Waals surface area contributed by atoms with Crippen molar-refractivity contribution in [3.05, 3.63) is 35.4 Å². The highest BCUT2D eigenvalue weighted by Gasteiger charge is 2.39. The van der Waals surface area contributed by atoms with Gasteiger partial charge in [-0.05, 0) is 24.8 Å². The molecule has 2 atom stereocenters. The average molecular weight is 175 g/mol. The van der Waals surface area contributed by atoms with Crippen LogP contribution in [0.5, 0.6) is 0 Å². The summed E-state index contributed by atoms with van der Waals surface area (Å²) in [4.78, 5) is 10.5. The van der Waals surface area contributed by atoms with Crippen LogP contribution in [-0.2, 0) is 4.79 Å². The van der Waals surface area contributed by atoms with Crippen molar-refractivity contribution in [1.29, 1.82) is 0 Å². The molecule has 0 spiro atoms. The van der Waals surface area contributed by atoms with Gasteiger partial charge in [0.25, 0.3) is 0 Å². The molecule has 1 aromatic carbocycles. The van der Waals surface area contributed by atoms with E-state index in [1.165, 1.54) is 5.56 Å². The summed E-state index contributed by atoms with van der Waals surface area (Å²) in [6, 6.07) is 8.03. The summed E-state index contributed by atoms with van der Waals surface area (Å²) >= 11 is 0. The zero-order valence-electron chi connectivity index (χ0n) is 7.49. The highest BCUT2D eigenvalue weighted by atomic mass is 16.4. The maximum absolute atomic E-state index is 10.5. The Labute approximate surface area is 77.2 Å². The van der Waals surface area contributed by atoms with Gasteiger partial charge in [-0.2, -0.15) is 0 Å². The van der Waals surface area contributed by atoms with E-state index in [0.717, 1.165) is 12.0 Å². The Morgan fingerprint density at radius 2 is 2.00 bits per heavy atom. The molecular formula is C11H11O2-. The van der Waals surface area contributed by atoms with Gasteiger partial charge in [-0.25, -0.2) is 0 Å². The number of carbonyl (C=O) groups is 1. The van der Waals surface area contributed by atoms with E-state index in [2.05, 4.69) is 0 Å². The molecule has 0 heterocycles. The van der Waals surface area contributed by atoms with Crippen molar-refractivity contribution in [1.82, 2.24) is 0 Å². The van der Waals surface area contributed by atoms with E-state index in [4.69, 9.17) is 0 Å². The number of benzene rings is 1. The van der Waals surface area contributed by atoms with Gasteiger partial charge in [-0.15, -0.1) is 0 Å². The van der Waals surface area contributed by atoms with Gasteiger partial charge in [-0.1, -0.05) is 29.8 Å². The molecule has 2 heteroatoms. The molecule has 1 saturated carbocycles. The van der Waals surface area contributed by atoms with Crippen LogP contribution < -0.4 is 5.11 Å². The van der Waals surface area contributed by atoms with Gasteiger partial charge in [0.2, 0.25) is 0 Å². The lowest BCUT2D eigenvalue weighted by Crippen LogP contribution is -2.24. The highest BCUT2D eigenvalue weighted by Crippen LogP contribution is 2.46. The van der Waals surface area contributed by atoms with E-state index in [9.17, 15) is 9.90 Å². The zero-order valence-corrected chi connectivity index (χ0v) is 7.49. The summed E-state index contributed by atoms with van der Waals surface area (Å²) in [7, 11) is 0. The smallest absolute Gasteiger partial charge is 0.0451 e. The van der Waals surface area contributed by atoms with Gasteiger partial charge in [0.05, 0.1) is 0 Å². The number of rotatable bonds is 2. The van der Waals surface area contributed by atoms with Gasteiger partial charge in [0.1, 0.15) is 0 Å². The number of carbonyl (C=O) groups excluding carboxylic acids is 1. The topological polar surface area (TPSA) is 40.1 Å². The van der Waals surface area contributed by atoms with Crippen molar-refractivity contribution in [2.24, 2.45) is 5.92 Å². The fraction of sp³-hybridized carbons (Fsp3) is 0.364. The Morgan fingerprint density at radius 1 is 1.38 bits per heavy atom. The number of carboxylic acid groups (broad SMARTS) is 1. The van der Waals surface area contributed by atoms with E-state index < -0.39 is 5.97 Å². The second-order valence-electron chi connectivity index (χ2n) is 3.68. The Kier molecular flexibility index (Phi) is 1.83. The Morgan fingerprint density at radius 3 is 2.46 bits per heavy atom. The van der Waals surface area contributed by atoms with Gasteiger partial charge in [-0.3, -0.25) is 0 Å². The molecular weight excluding hydrogens is 164 g/mol. The molecule has 0 radical (unpaired) electrons. The lowest BCUT2D eigenvalue weighted by atomic mass is 10.1. The van der Waals surface area contributed by atoms with Crippen molar-refractivity contribution >= 4 is 5.97 Å². The maximum Gasteiger partial charge on any atom is 0.0451 e. The van der Waals surface area contributed by atoms with Crippen LogP contribution in [0, 0.1) is 12.8 Å². The summed E-state index contributed by atoms with van der Waals surface area (Å²) in [5.41, 5.74) is 2.33. The normalized spacial score (nSPS) is 25.6. The molecule has 2 nitrogen and oxygen atoms in total. The third-order valence-corrected chi connectivity index (χ3v) is 2.60. The van der Waals surface area contributed by atoms with Crippen LogP contribution in [0.15, 0.2) is 24.3 Å². The standard InChI is InChI=1S/C11H12O2/c1-7-2-4-8(5-3-7)9-6-10(9)11(12)13/h2-5,9-10H,6H2,1H3,(H,12,13)/p-1/t9-,10-/m0/s1. The third kappa shape index (κ3) is 1.57. The maximum atomic E-state index is 10.5. The molecule has 1 aliphatic carbocycles. The quantitative estimate of drug-likeness (QED) is 0.668. The first-order valence-electron chi connectivity index (χ1n) is 4.46. The van der Waals surface area contributed by atoms with Crippen molar-refractivity contribution in [2.75, 3.05) is 0 Å². The molecule has 0 N–H and O–H groups in total. The molecule has 2 rings (SSSR count). The summed E-state index contributed by atoms with van der Waals surface area (Å²) in [6.45, 7) is 2.02. The van der Waals surface area contributed by atoms with E-state index in [0.29, 0.717) is 0 Å². The lowest BCUT2D eigenvalue weighted by molar-refractivity contribution is -0.308. The number of aryl methyl sites for hydroxylation is 1. The summed E-state index contributed by atoms with van der Waals surface area (Å²) in [5, 5.41) is 10.5. The largest absolute Gasteiger partial charge is 0.550 e. The zero-order chi connectivity index (χ0) is 9.42. The van der Waals surface area contributed by atoms with Crippen LogP contribution in [0.25, 0.3) is 0 Å². The lowest BCUT2D eigenvalue weighted by Gasteiger charge is -2.01. The van der Waals surface area contributed by atoms with Crippen molar-refractivity contribution in [2.45, 2.75) is 19.3 Å². The SMILES string of the molecule is Cc1ccc([C@@H]2C[C@@H]2C(=O)[O-])cc1. The molecule has 1 aromatic rings. The van der Waals surface area contributed by atoms with Crippen LogP contribution in [0.1, 0.15) is 23.5 Å². The Bertz CT molecular complexity index is 326. The second-order valence-corrected chi connectivity index (χ2v) is 3.68. The van der Waals surface area contributed by atoms with Gasteiger partial charge >= 0.3 is 0 Å². The van der Waals surface area contributed by atoms with Crippen molar-refractivity contribution in [3.63, 3.8) is 0 Å². The van der Waals surface area contributed by atoms with Crippen LogP contribution in [-0.4, -0.2) is 5.97 Å². The molecule has 1 aliphatic rings. The molecule has 0 aromatic heterocycles. The average Bonchev–Trinajstić information content (AvgIpc) is 2.85. The third-order valence-electron chi connectivity index (χ3n) is 2.60. The van der Waals surface area contributed by atoms with E-state index >= 15 is 0 Å². The number of hydrogen-bond acceptors (Lipinski definition) is 2. The minimum absolute atomic E-state index is 0.200. The number of aliphatic carboxylic acids is 1. The van der Waals surface area contributed by atoms with Crippen molar-refractivity contribution < 1.29 is 9.90 Å². The molecule has 0 amide bonds. The molecule has 0 bridgehead atoms. The molecule has 0 unspecified atom stereocenters. The predicted octanol–water partition coefficient (Wildman–Crippen LogP) is 0.848. The first kappa shape index (κ1) is 8.30. The molecule has 0 saturated heterocycles. The molecule has 0 aliphatic heterocycles. The summed E-state index contributed by atoms with van der Waals surface area (Å²) < 4.78 is 0. The first-order valence-corrected chi connectivity index (χ1v) is 4.46. The second kappa shape index (κ2) is 2.87. The van der Waals surface area contributed by atoms with Crippen LogP contribution in [0.2, 0.25) is 0 Å². The Balaban J connectivity index is 2.12. The fourth-order valence-electron chi connectivity index (χ4n) is 1.64. The van der Waals surface area contributed by atoms with Crippen molar-refractivity contribution in [3.8, 4) is 0 Å². The summed E-state index contributed by atoms with van der Waals surface area (Å²) in [5.74, 6) is -0.959. The van der Waals surface area contributed by atoms with E-state index in [1.807, 2.05) is 31.2 Å². The minimum atomic E-state index is -0.912. The number of carboxylic acids is 1. The van der Waals surface area contributed by atoms with Crippen LogP contribution in [0.3, 0.4) is 0 Å². The van der Waals surface area contributed by atoms with Crippen LogP contribution >= 0.6 is 0 Å².